The summed E-state index contributed by atoms with van der Waals surface area (Å²) in [5.41, 5.74) is -0.0418. The first-order chi connectivity index (χ1) is 11.6. The number of ether oxygens (including phenoxy) is 4. The van der Waals surface area contributed by atoms with Crippen molar-refractivity contribution in [2.75, 3.05) is 20.8 Å². The van der Waals surface area contributed by atoms with E-state index in [1.165, 1.54) is 32.4 Å². The van der Waals surface area contributed by atoms with Crippen LogP contribution in [0.3, 0.4) is 0 Å². The molecule has 0 spiro atoms. The van der Waals surface area contributed by atoms with Crippen molar-refractivity contribution in [3.05, 3.63) is 34.9 Å². The van der Waals surface area contributed by atoms with Gasteiger partial charge in [-0.1, -0.05) is 17.7 Å². The lowest BCUT2D eigenvalue weighted by molar-refractivity contribution is 0.0552. The summed E-state index contributed by atoms with van der Waals surface area (Å²) in [6.45, 7) is -0.410. The molecule has 0 atom stereocenters. The lowest BCUT2D eigenvalue weighted by Crippen LogP contribution is -2.08. The summed E-state index contributed by atoms with van der Waals surface area (Å²) in [4.78, 5) is 20.1. The van der Waals surface area contributed by atoms with Gasteiger partial charge in [0.05, 0.1) is 25.3 Å². The number of nitriles is 1. The number of carbonyl (C=O) groups is 1. The van der Waals surface area contributed by atoms with Crippen LogP contribution in [0.2, 0.25) is 5.02 Å². The minimum atomic E-state index is -0.799. The third kappa shape index (κ3) is 4.02. The molecule has 124 valence electrons. The molecule has 8 nitrogen and oxygen atoms in total. The van der Waals surface area contributed by atoms with E-state index >= 15 is 0 Å². The summed E-state index contributed by atoms with van der Waals surface area (Å²) in [7, 11) is 2.85. The lowest BCUT2D eigenvalue weighted by atomic mass is 10.2. The van der Waals surface area contributed by atoms with Crippen LogP contribution in [0.25, 0.3) is 0 Å². The van der Waals surface area contributed by atoms with Crippen molar-refractivity contribution in [3.8, 4) is 29.6 Å². The predicted molar refractivity (Wildman–Crippen MR) is 82.6 cm³/mol. The topological polar surface area (TPSA) is 104 Å². The fraction of sp³-hybridized carbons (Fsp3) is 0.200. The largest absolute Gasteiger partial charge is 0.481 e. The summed E-state index contributed by atoms with van der Waals surface area (Å²) in [5.74, 6) is -0.298. The molecule has 9 heteroatoms. The Kier molecular flexibility index (Phi) is 5.76. The van der Waals surface area contributed by atoms with Crippen molar-refractivity contribution < 1.29 is 23.7 Å². The molecule has 0 aliphatic heterocycles. The second kappa shape index (κ2) is 7.99. The number of esters is 1. The molecule has 0 unspecified atom stereocenters. The third-order valence-corrected chi connectivity index (χ3v) is 3.04. The molecule has 0 amide bonds. The van der Waals surface area contributed by atoms with E-state index in [1.807, 2.05) is 0 Å². The van der Waals surface area contributed by atoms with Crippen LogP contribution in [0.4, 0.5) is 0 Å². The Balaban J connectivity index is 2.38. The Morgan fingerprint density at radius 2 is 1.92 bits per heavy atom. The third-order valence-electron chi connectivity index (χ3n) is 2.73. The van der Waals surface area contributed by atoms with Gasteiger partial charge < -0.3 is 18.9 Å². The Bertz CT molecular complexity index is 769. The second-order valence-electron chi connectivity index (χ2n) is 4.18. The van der Waals surface area contributed by atoms with Crippen molar-refractivity contribution in [3.63, 3.8) is 0 Å². The molecule has 0 aliphatic carbocycles. The normalized spacial score (nSPS) is 9.75. The molecule has 1 aromatic carbocycles. The van der Waals surface area contributed by atoms with Gasteiger partial charge in [-0.2, -0.15) is 15.2 Å². The van der Waals surface area contributed by atoms with Gasteiger partial charge in [-0.3, -0.25) is 0 Å². The number of methoxy groups -OCH3 is 2. The molecule has 0 N–H and O–H groups in total. The Hall–Kier alpha value is -3.05. The number of rotatable bonds is 6. The molecule has 1 aromatic heterocycles. The van der Waals surface area contributed by atoms with E-state index in [-0.39, 0.29) is 34.1 Å². The second-order valence-corrected chi connectivity index (χ2v) is 4.59. The smallest absolute Gasteiger partial charge is 0.344 e. The van der Waals surface area contributed by atoms with Gasteiger partial charge in [-0.15, -0.1) is 0 Å². The van der Waals surface area contributed by atoms with Gasteiger partial charge in [0.1, 0.15) is 17.4 Å². The van der Waals surface area contributed by atoms with E-state index in [0.29, 0.717) is 0 Å². The molecule has 0 saturated heterocycles. The van der Waals surface area contributed by atoms with Crippen LogP contribution in [0, 0.1) is 11.3 Å². The fourth-order valence-corrected chi connectivity index (χ4v) is 1.94. The van der Waals surface area contributed by atoms with Crippen LogP contribution in [0.1, 0.15) is 10.4 Å². The van der Waals surface area contributed by atoms with Gasteiger partial charge in [0.25, 0.3) is 0 Å². The van der Waals surface area contributed by atoms with Crippen molar-refractivity contribution >= 4 is 17.6 Å². The summed E-state index contributed by atoms with van der Waals surface area (Å²) < 4.78 is 20.3. The summed E-state index contributed by atoms with van der Waals surface area (Å²) >= 11 is 6.03. The number of hydrogen-bond donors (Lipinski definition) is 0. The molecular weight excluding hydrogens is 338 g/mol. The van der Waals surface area contributed by atoms with Gasteiger partial charge in [0, 0.05) is 0 Å². The minimum Gasteiger partial charge on any atom is -0.481 e. The molecule has 2 rings (SSSR count). The van der Waals surface area contributed by atoms with Gasteiger partial charge in [-0.05, 0) is 12.1 Å². The van der Waals surface area contributed by atoms with E-state index in [0.717, 1.165) is 0 Å². The number of halogens is 1. The monoisotopic (exact) mass is 349 g/mol. The number of carbonyl (C=O) groups excluding carboxylic acids is 1. The van der Waals surface area contributed by atoms with Crippen molar-refractivity contribution in [1.82, 2.24) is 9.97 Å². The maximum absolute atomic E-state index is 12.1. The van der Waals surface area contributed by atoms with Crippen LogP contribution in [0.5, 0.6) is 23.5 Å². The van der Waals surface area contributed by atoms with Gasteiger partial charge in [-0.25, -0.2) is 4.79 Å². The maximum Gasteiger partial charge on any atom is 0.344 e. The van der Waals surface area contributed by atoms with Crippen molar-refractivity contribution in [2.45, 2.75) is 0 Å². The van der Waals surface area contributed by atoms with Crippen LogP contribution in [0.15, 0.2) is 24.3 Å². The number of benzene rings is 1. The summed E-state index contributed by atoms with van der Waals surface area (Å²) in [6, 6.07) is 7.62. The van der Waals surface area contributed by atoms with Crippen LogP contribution in [-0.4, -0.2) is 36.8 Å². The summed E-state index contributed by atoms with van der Waals surface area (Å²) in [6.07, 6.45) is 0. The van der Waals surface area contributed by atoms with E-state index in [1.54, 1.807) is 12.1 Å². The van der Waals surface area contributed by atoms with E-state index in [9.17, 15) is 4.79 Å². The van der Waals surface area contributed by atoms with Crippen LogP contribution < -0.4 is 14.2 Å². The van der Waals surface area contributed by atoms with Crippen molar-refractivity contribution in [2.24, 2.45) is 0 Å². The molecule has 0 fully saturated rings. The quantitative estimate of drug-likeness (QED) is 0.733. The van der Waals surface area contributed by atoms with E-state index in [2.05, 4.69) is 9.97 Å². The molecule has 2 aromatic rings. The average molecular weight is 350 g/mol. The Labute approximate surface area is 142 Å². The molecule has 0 aliphatic rings. The standard InChI is InChI=1S/C15H12ClN3O5/c1-21-11-8-12(22-2)19-15(18-11)24-10-5-3-4-9(16)13(10)14(20)23-7-6-17/h3-5,8H,7H2,1-2H3. The van der Waals surface area contributed by atoms with Gasteiger partial charge >= 0.3 is 12.0 Å². The number of hydrogen-bond acceptors (Lipinski definition) is 8. The summed E-state index contributed by atoms with van der Waals surface area (Å²) in [5, 5.41) is 8.61. The van der Waals surface area contributed by atoms with Gasteiger partial charge in [0.15, 0.2) is 6.61 Å². The number of nitrogens with zero attached hydrogens (tertiary/aromatic N) is 3. The van der Waals surface area contributed by atoms with Crippen LogP contribution >= 0.6 is 11.6 Å². The zero-order valence-corrected chi connectivity index (χ0v) is 13.5. The highest BCUT2D eigenvalue weighted by molar-refractivity contribution is 6.34. The fourth-order valence-electron chi connectivity index (χ4n) is 1.69. The first kappa shape index (κ1) is 17.3. The zero-order chi connectivity index (χ0) is 17.5. The minimum absolute atomic E-state index is 0.0418. The predicted octanol–water partition coefficient (Wildman–Crippen LogP) is 2.62. The number of aromatic nitrogens is 2. The Morgan fingerprint density at radius 3 is 2.50 bits per heavy atom. The highest BCUT2D eigenvalue weighted by Gasteiger charge is 2.20. The zero-order valence-electron chi connectivity index (χ0n) is 12.8. The molecule has 1 heterocycles. The maximum atomic E-state index is 12.1. The van der Waals surface area contributed by atoms with Crippen LogP contribution in [-0.2, 0) is 4.74 Å². The molecule has 0 radical (unpaired) electrons. The molecule has 24 heavy (non-hydrogen) atoms. The average Bonchev–Trinajstić information content (AvgIpc) is 2.59. The lowest BCUT2D eigenvalue weighted by Gasteiger charge is -2.11. The Morgan fingerprint density at radius 1 is 1.25 bits per heavy atom. The van der Waals surface area contributed by atoms with Gasteiger partial charge in [0.2, 0.25) is 11.8 Å². The molecular formula is C15H12ClN3O5. The SMILES string of the molecule is COc1cc(OC)nc(Oc2cccc(Cl)c2C(=O)OCC#N)n1. The van der Waals surface area contributed by atoms with E-state index < -0.39 is 12.6 Å². The first-order valence-electron chi connectivity index (χ1n) is 6.56. The molecule has 0 saturated carbocycles. The highest BCUT2D eigenvalue weighted by atomic mass is 35.5. The first-order valence-corrected chi connectivity index (χ1v) is 6.94. The molecule has 0 bridgehead atoms. The van der Waals surface area contributed by atoms with E-state index in [4.69, 9.17) is 35.8 Å². The highest BCUT2D eigenvalue weighted by Crippen LogP contribution is 2.31. The van der Waals surface area contributed by atoms with Crippen molar-refractivity contribution in [1.29, 1.82) is 5.26 Å².